The van der Waals surface area contributed by atoms with Gasteiger partial charge in [0.2, 0.25) is 0 Å². The van der Waals surface area contributed by atoms with Crippen molar-refractivity contribution in [3.8, 4) is 0 Å². The van der Waals surface area contributed by atoms with Crippen molar-refractivity contribution in [2.75, 3.05) is 6.54 Å². The van der Waals surface area contributed by atoms with Gasteiger partial charge in [-0.2, -0.15) is 0 Å². The molecule has 5 nitrogen and oxygen atoms in total. The molecule has 0 saturated carbocycles. The van der Waals surface area contributed by atoms with E-state index in [1.165, 1.54) is 0 Å². The van der Waals surface area contributed by atoms with Crippen LogP contribution in [0.15, 0.2) is 60.8 Å². The van der Waals surface area contributed by atoms with Crippen LogP contribution < -0.4 is 10.8 Å². The first-order valence-electron chi connectivity index (χ1n) is 8.43. The van der Waals surface area contributed by atoms with Gasteiger partial charge in [0.25, 0.3) is 5.91 Å². The Morgan fingerprint density at radius 1 is 1.19 bits per heavy atom. The highest BCUT2D eigenvalue weighted by atomic mass is 35.5. The van der Waals surface area contributed by atoms with E-state index in [0.29, 0.717) is 18.0 Å². The van der Waals surface area contributed by atoms with Crippen LogP contribution in [0.4, 0.5) is 0 Å². The lowest BCUT2D eigenvalue weighted by molar-refractivity contribution is -0.131. The Hall–Kier alpha value is -2.76. The molecule has 6 heteroatoms. The van der Waals surface area contributed by atoms with E-state index < -0.39 is 6.10 Å². The zero-order chi connectivity index (χ0) is 17.9. The molecule has 1 unspecified atom stereocenters. The summed E-state index contributed by atoms with van der Waals surface area (Å²) in [7, 11) is 0. The van der Waals surface area contributed by atoms with E-state index in [0.717, 1.165) is 27.7 Å². The highest BCUT2D eigenvalue weighted by Gasteiger charge is 2.24. The van der Waals surface area contributed by atoms with E-state index in [-0.39, 0.29) is 5.91 Å². The first kappa shape index (κ1) is 16.7. The average molecular weight is 368 g/mol. The predicted octanol–water partition coefficient (Wildman–Crippen LogP) is 3.42. The van der Waals surface area contributed by atoms with Gasteiger partial charge in [-0.15, -0.1) is 0 Å². The van der Waals surface area contributed by atoms with Crippen molar-refractivity contribution < 1.29 is 9.63 Å². The molecule has 26 heavy (non-hydrogen) atoms. The summed E-state index contributed by atoms with van der Waals surface area (Å²) in [5.74, 6) is -0.165. The van der Waals surface area contributed by atoms with Crippen LogP contribution in [0.5, 0.6) is 0 Å². The zero-order valence-corrected chi connectivity index (χ0v) is 14.7. The average Bonchev–Trinajstić information content (AvgIpc) is 3.30. The van der Waals surface area contributed by atoms with Crippen LogP contribution in [0.1, 0.15) is 11.1 Å². The molecule has 2 heterocycles. The number of hydrogen-bond acceptors (Lipinski definition) is 3. The number of fused-ring (bicyclic) bond motifs is 1. The first-order valence-corrected chi connectivity index (χ1v) is 8.80. The molecule has 132 valence electrons. The predicted molar refractivity (Wildman–Crippen MR) is 102 cm³/mol. The van der Waals surface area contributed by atoms with E-state index in [1.54, 1.807) is 6.08 Å². The first-order chi connectivity index (χ1) is 12.7. The summed E-state index contributed by atoms with van der Waals surface area (Å²) in [6.07, 6.45) is 3.81. The number of nitrogens with one attached hydrogen (secondary N) is 3. The second-order valence-corrected chi connectivity index (χ2v) is 6.57. The second-order valence-electron chi connectivity index (χ2n) is 6.13. The van der Waals surface area contributed by atoms with E-state index in [4.69, 9.17) is 16.4 Å². The third-order valence-electron chi connectivity index (χ3n) is 4.38. The summed E-state index contributed by atoms with van der Waals surface area (Å²) >= 11 is 6.07. The van der Waals surface area contributed by atoms with E-state index in [9.17, 15) is 4.79 Å². The van der Waals surface area contributed by atoms with Crippen LogP contribution in [0.2, 0.25) is 5.02 Å². The Labute approximate surface area is 156 Å². The fraction of sp³-hybridized carbons (Fsp3) is 0.150. The minimum Gasteiger partial charge on any atom is -0.361 e. The highest BCUT2D eigenvalue weighted by molar-refractivity contribution is 6.31. The number of aromatic nitrogens is 1. The molecule has 0 spiro atoms. The van der Waals surface area contributed by atoms with E-state index in [2.05, 4.69) is 15.8 Å². The van der Waals surface area contributed by atoms with Crippen molar-refractivity contribution in [3.05, 3.63) is 77.0 Å². The van der Waals surface area contributed by atoms with Gasteiger partial charge in [0.05, 0.1) is 5.70 Å². The molecule has 1 aliphatic rings. The molecule has 3 aromatic rings. The topological polar surface area (TPSA) is 66.2 Å². The molecular formula is C20H18ClN3O2. The molecule has 1 amide bonds. The van der Waals surface area contributed by atoms with Crippen molar-refractivity contribution >= 4 is 34.1 Å². The lowest BCUT2D eigenvalue weighted by Crippen LogP contribution is -2.36. The maximum atomic E-state index is 12.3. The van der Waals surface area contributed by atoms with Crippen molar-refractivity contribution in [2.24, 2.45) is 0 Å². The van der Waals surface area contributed by atoms with Crippen LogP contribution in [0.25, 0.3) is 16.6 Å². The van der Waals surface area contributed by atoms with Crippen LogP contribution >= 0.6 is 11.6 Å². The monoisotopic (exact) mass is 367 g/mol. The Kier molecular flexibility index (Phi) is 4.65. The summed E-state index contributed by atoms with van der Waals surface area (Å²) in [5.41, 5.74) is 6.76. The zero-order valence-electron chi connectivity index (χ0n) is 14.0. The number of H-pyrrole nitrogens is 1. The Bertz CT molecular complexity index is 966. The van der Waals surface area contributed by atoms with Crippen molar-refractivity contribution in [1.29, 1.82) is 0 Å². The number of amides is 1. The number of rotatable bonds is 5. The summed E-state index contributed by atoms with van der Waals surface area (Å²) in [6, 6.07) is 15.5. The Morgan fingerprint density at radius 3 is 2.88 bits per heavy atom. The standard InChI is InChI=1S/C20H18ClN3O2/c21-15-6-7-17-16(10-15)14(12-23-17)8-9-22-20(25)19-11-18(24-26-19)13-4-2-1-3-5-13/h1-7,10-12,19,23-24H,8-9H2,(H,22,25). The SMILES string of the molecule is O=C(NCCc1c[nH]c2ccc(Cl)cc12)C1C=C(c2ccccc2)NO1. The molecular weight excluding hydrogens is 350 g/mol. The molecule has 2 aromatic carbocycles. The van der Waals surface area contributed by atoms with Gasteiger partial charge in [-0.1, -0.05) is 41.9 Å². The van der Waals surface area contributed by atoms with Crippen molar-refractivity contribution in [3.63, 3.8) is 0 Å². The van der Waals surface area contributed by atoms with Gasteiger partial charge >= 0.3 is 0 Å². The molecule has 0 saturated heterocycles. The van der Waals surface area contributed by atoms with Gasteiger partial charge in [0, 0.05) is 28.7 Å². The molecule has 0 radical (unpaired) electrons. The fourth-order valence-corrected chi connectivity index (χ4v) is 3.20. The number of aromatic amines is 1. The van der Waals surface area contributed by atoms with Gasteiger partial charge in [0.1, 0.15) is 0 Å². The molecule has 0 aliphatic carbocycles. The fourth-order valence-electron chi connectivity index (χ4n) is 3.03. The quantitative estimate of drug-likeness (QED) is 0.647. The highest BCUT2D eigenvalue weighted by Crippen LogP contribution is 2.22. The van der Waals surface area contributed by atoms with Crippen LogP contribution in [0, 0.1) is 0 Å². The molecule has 1 aliphatic heterocycles. The van der Waals surface area contributed by atoms with E-state index >= 15 is 0 Å². The molecule has 1 aromatic heterocycles. The van der Waals surface area contributed by atoms with Gasteiger partial charge < -0.3 is 10.3 Å². The molecule has 0 fully saturated rings. The van der Waals surface area contributed by atoms with Crippen LogP contribution in [-0.4, -0.2) is 23.5 Å². The second kappa shape index (κ2) is 7.23. The number of carbonyl (C=O) groups is 1. The number of carbonyl (C=O) groups excluding carboxylic acids is 1. The molecule has 4 rings (SSSR count). The van der Waals surface area contributed by atoms with Crippen LogP contribution in [0.3, 0.4) is 0 Å². The lowest BCUT2D eigenvalue weighted by Gasteiger charge is -2.08. The number of benzene rings is 2. The molecule has 3 N–H and O–H groups in total. The van der Waals surface area contributed by atoms with Crippen LogP contribution in [-0.2, 0) is 16.1 Å². The van der Waals surface area contributed by atoms with Gasteiger partial charge in [-0.25, -0.2) is 0 Å². The van der Waals surface area contributed by atoms with Crippen molar-refractivity contribution in [2.45, 2.75) is 12.5 Å². The van der Waals surface area contributed by atoms with Gasteiger partial charge in [0.15, 0.2) is 6.10 Å². The minimum absolute atomic E-state index is 0.165. The summed E-state index contributed by atoms with van der Waals surface area (Å²) < 4.78 is 0. The summed E-state index contributed by atoms with van der Waals surface area (Å²) in [4.78, 5) is 20.9. The minimum atomic E-state index is -0.636. The number of hydrogen-bond donors (Lipinski definition) is 3. The molecule has 1 atom stereocenters. The Morgan fingerprint density at radius 2 is 2.04 bits per heavy atom. The maximum Gasteiger partial charge on any atom is 0.256 e. The third kappa shape index (κ3) is 3.45. The number of hydroxylamine groups is 1. The maximum absolute atomic E-state index is 12.3. The van der Waals surface area contributed by atoms with Gasteiger partial charge in [-0.3, -0.25) is 15.1 Å². The largest absolute Gasteiger partial charge is 0.361 e. The van der Waals surface area contributed by atoms with E-state index in [1.807, 2.05) is 54.7 Å². The Balaban J connectivity index is 1.36. The summed E-state index contributed by atoms with van der Waals surface area (Å²) in [6.45, 7) is 0.521. The normalized spacial score (nSPS) is 16.3. The lowest BCUT2D eigenvalue weighted by atomic mass is 10.1. The summed E-state index contributed by atoms with van der Waals surface area (Å²) in [5, 5.41) is 4.70. The third-order valence-corrected chi connectivity index (χ3v) is 4.62. The smallest absolute Gasteiger partial charge is 0.256 e. The molecule has 0 bridgehead atoms. The van der Waals surface area contributed by atoms with Crippen molar-refractivity contribution in [1.82, 2.24) is 15.8 Å². The van der Waals surface area contributed by atoms with Gasteiger partial charge in [-0.05, 0) is 41.8 Å². The number of halogens is 1.